The van der Waals surface area contributed by atoms with Gasteiger partial charge in [-0.3, -0.25) is 4.79 Å². The number of Topliss-reactive ketones (excluding diaryl/α,β-unsaturated/α-hetero) is 1. The van der Waals surface area contributed by atoms with Gasteiger partial charge in [0.25, 0.3) is 0 Å². The van der Waals surface area contributed by atoms with Gasteiger partial charge in [-0.25, -0.2) is 8.42 Å². The molecule has 4 nitrogen and oxygen atoms in total. The highest BCUT2D eigenvalue weighted by atomic mass is 32.2. The van der Waals surface area contributed by atoms with Gasteiger partial charge in [-0.2, -0.15) is 0 Å². The van der Waals surface area contributed by atoms with Crippen molar-refractivity contribution < 1.29 is 13.2 Å². The second kappa shape index (κ2) is 6.56. The molecule has 0 radical (unpaired) electrons. The molecule has 0 spiro atoms. The number of ketones is 1. The lowest BCUT2D eigenvalue weighted by atomic mass is 9.85. The molecule has 0 amide bonds. The SMILES string of the molecule is CCN(CC)CCC(=O)C1CC2CCCC(C1)S2(=O)=O. The van der Waals surface area contributed by atoms with E-state index in [2.05, 4.69) is 18.7 Å². The topological polar surface area (TPSA) is 54.5 Å². The molecule has 0 N–H and O–H groups in total. The Morgan fingerprint density at radius 2 is 1.65 bits per heavy atom. The Morgan fingerprint density at radius 3 is 2.15 bits per heavy atom. The smallest absolute Gasteiger partial charge is 0.156 e. The quantitative estimate of drug-likeness (QED) is 0.753. The number of carbonyl (C=O) groups is 1. The van der Waals surface area contributed by atoms with Crippen molar-refractivity contribution >= 4 is 15.6 Å². The minimum atomic E-state index is -2.94. The largest absolute Gasteiger partial charge is 0.303 e. The molecule has 116 valence electrons. The summed E-state index contributed by atoms with van der Waals surface area (Å²) in [6.07, 6.45) is 4.27. The molecule has 0 aromatic carbocycles. The molecule has 0 saturated carbocycles. The summed E-state index contributed by atoms with van der Waals surface area (Å²) in [7, 11) is -2.94. The highest BCUT2D eigenvalue weighted by Crippen LogP contribution is 2.39. The van der Waals surface area contributed by atoms with Gasteiger partial charge in [0.1, 0.15) is 5.78 Å². The highest BCUT2D eigenvalue weighted by Gasteiger charge is 2.45. The molecule has 2 rings (SSSR count). The van der Waals surface area contributed by atoms with E-state index in [1.807, 2.05) is 0 Å². The van der Waals surface area contributed by atoms with Gasteiger partial charge in [0, 0.05) is 18.9 Å². The molecule has 2 aliphatic rings. The fourth-order valence-electron chi connectivity index (χ4n) is 3.68. The average Bonchev–Trinajstić information content (AvgIpc) is 2.38. The second-order valence-electron chi connectivity index (χ2n) is 6.18. The molecule has 2 aliphatic heterocycles. The van der Waals surface area contributed by atoms with Crippen LogP contribution in [0.5, 0.6) is 0 Å². The molecule has 2 heterocycles. The number of rotatable bonds is 6. The Kier molecular flexibility index (Phi) is 5.24. The molecule has 5 heteroatoms. The molecule has 2 fully saturated rings. The fourth-order valence-corrected chi connectivity index (χ4v) is 6.22. The van der Waals surface area contributed by atoms with Crippen LogP contribution in [0.15, 0.2) is 0 Å². The minimum Gasteiger partial charge on any atom is -0.303 e. The van der Waals surface area contributed by atoms with Crippen LogP contribution in [0.2, 0.25) is 0 Å². The third-order valence-corrected chi connectivity index (χ3v) is 7.82. The van der Waals surface area contributed by atoms with Gasteiger partial charge in [-0.15, -0.1) is 0 Å². The summed E-state index contributed by atoms with van der Waals surface area (Å²) in [5.74, 6) is 0.271. The predicted molar refractivity (Wildman–Crippen MR) is 80.5 cm³/mol. The van der Waals surface area contributed by atoms with Crippen LogP contribution in [0.4, 0.5) is 0 Å². The Morgan fingerprint density at radius 1 is 1.10 bits per heavy atom. The first-order valence-corrected chi connectivity index (χ1v) is 9.57. The van der Waals surface area contributed by atoms with Gasteiger partial charge in [0.15, 0.2) is 9.84 Å². The molecule has 20 heavy (non-hydrogen) atoms. The number of carbonyl (C=O) groups excluding carboxylic acids is 1. The molecule has 0 aromatic heterocycles. The van der Waals surface area contributed by atoms with Crippen LogP contribution in [0.25, 0.3) is 0 Å². The van der Waals surface area contributed by atoms with E-state index in [-0.39, 0.29) is 22.2 Å². The van der Waals surface area contributed by atoms with Crippen molar-refractivity contribution in [1.82, 2.24) is 4.90 Å². The lowest BCUT2D eigenvalue weighted by Gasteiger charge is -2.38. The van der Waals surface area contributed by atoms with Crippen LogP contribution in [0, 0.1) is 5.92 Å². The van der Waals surface area contributed by atoms with E-state index in [0.717, 1.165) is 38.9 Å². The minimum absolute atomic E-state index is 0.00983. The molecular weight excluding hydrogens is 274 g/mol. The average molecular weight is 301 g/mol. The summed E-state index contributed by atoms with van der Waals surface area (Å²) >= 11 is 0. The number of fused-ring (bicyclic) bond motifs is 2. The van der Waals surface area contributed by atoms with Crippen molar-refractivity contribution in [1.29, 1.82) is 0 Å². The van der Waals surface area contributed by atoms with Crippen LogP contribution in [-0.4, -0.2) is 49.2 Å². The Hall–Kier alpha value is -0.420. The summed E-state index contributed by atoms with van der Waals surface area (Å²) in [6, 6.07) is 0. The van der Waals surface area contributed by atoms with Crippen molar-refractivity contribution in [3.63, 3.8) is 0 Å². The van der Waals surface area contributed by atoms with Crippen LogP contribution < -0.4 is 0 Å². The van der Waals surface area contributed by atoms with E-state index in [1.54, 1.807) is 0 Å². The van der Waals surface area contributed by atoms with Crippen molar-refractivity contribution in [2.45, 2.75) is 62.9 Å². The first kappa shape index (κ1) is 16.0. The van der Waals surface area contributed by atoms with Gasteiger partial charge in [-0.05, 0) is 38.8 Å². The summed E-state index contributed by atoms with van der Waals surface area (Å²) in [4.78, 5) is 14.6. The maximum Gasteiger partial charge on any atom is 0.156 e. The van der Waals surface area contributed by atoms with Crippen LogP contribution in [-0.2, 0) is 14.6 Å². The zero-order chi connectivity index (χ0) is 14.8. The van der Waals surface area contributed by atoms with Crippen LogP contribution in [0.3, 0.4) is 0 Å². The molecule has 2 saturated heterocycles. The first-order chi connectivity index (χ1) is 9.48. The Balaban J connectivity index is 1.93. The van der Waals surface area contributed by atoms with Crippen molar-refractivity contribution in [3.05, 3.63) is 0 Å². The first-order valence-electron chi connectivity index (χ1n) is 7.96. The molecule has 0 aromatic rings. The van der Waals surface area contributed by atoms with E-state index in [4.69, 9.17) is 0 Å². The lowest BCUT2D eigenvalue weighted by molar-refractivity contribution is -0.123. The monoisotopic (exact) mass is 301 g/mol. The van der Waals surface area contributed by atoms with Gasteiger partial charge in [-0.1, -0.05) is 20.3 Å². The van der Waals surface area contributed by atoms with Gasteiger partial charge >= 0.3 is 0 Å². The summed E-state index contributed by atoms with van der Waals surface area (Å²) in [5, 5.41) is -0.477. The van der Waals surface area contributed by atoms with Gasteiger partial charge in [0.05, 0.1) is 10.5 Å². The number of hydrogen-bond acceptors (Lipinski definition) is 4. The van der Waals surface area contributed by atoms with E-state index < -0.39 is 9.84 Å². The van der Waals surface area contributed by atoms with Crippen molar-refractivity contribution in [2.75, 3.05) is 19.6 Å². The molecule has 2 atom stereocenters. The zero-order valence-corrected chi connectivity index (χ0v) is 13.5. The fraction of sp³-hybridized carbons (Fsp3) is 0.933. The molecule has 2 unspecified atom stereocenters. The second-order valence-corrected chi connectivity index (χ2v) is 8.69. The molecule has 0 aliphatic carbocycles. The van der Waals surface area contributed by atoms with E-state index >= 15 is 0 Å². The van der Waals surface area contributed by atoms with Crippen LogP contribution >= 0.6 is 0 Å². The predicted octanol–water partition coefficient (Wildman–Crippen LogP) is 2.03. The summed E-state index contributed by atoms with van der Waals surface area (Å²) in [5.41, 5.74) is 0. The summed E-state index contributed by atoms with van der Waals surface area (Å²) in [6.45, 7) is 6.95. The number of hydrogen-bond donors (Lipinski definition) is 0. The normalized spacial score (nSPS) is 32.2. The third kappa shape index (κ3) is 3.25. The number of nitrogens with zero attached hydrogens (tertiary/aromatic N) is 1. The zero-order valence-electron chi connectivity index (χ0n) is 12.7. The lowest BCUT2D eigenvalue weighted by Crippen LogP contribution is -2.45. The highest BCUT2D eigenvalue weighted by molar-refractivity contribution is 7.92. The molecular formula is C15H27NO3S. The maximum absolute atomic E-state index is 12.4. The van der Waals surface area contributed by atoms with Crippen molar-refractivity contribution in [3.8, 4) is 0 Å². The van der Waals surface area contributed by atoms with Gasteiger partial charge in [0.2, 0.25) is 0 Å². The number of sulfone groups is 1. The van der Waals surface area contributed by atoms with Gasteiger partial charge < -0.3 is 4.90 Å². The van der Waals surface area contributed by atoms with E-state index in [1.165, 1.54) is 0 Å². The Labute approximate surface area is 122 Å². The maximum atomic E-state index is 12.4. The van der Waals surface area contributed by atoms with E-state index in [9.17, 15) is 13.2 Å². The van der Waals surface area contributed by atoms with Crippen molar-refractivity contribution in [2.24, 2.45) is 5.92 Å². The summed E-state index contributed by atoms with van der Waals surface area (Å²) < 4.78 is 24.4. The standard InChI is InChI=1S/C15H27NO3S/c1-3-16(4-2)9-8-15(17)12-10-13-6-5-7-14(11-12)20(13,18)19/h12-14H,3-11H2,1-2H3. The van der Waals surface area contributed by atoms with Crippen LogP contribution in [0.1, 0.15) is 52.4 Å². The van der Waals surface area contributed by atoms with E-state index in [0.29, 0.717) is 19.3 Å². The Bertz CT molecular complexity index is 422. The molecule has 2 bridgehead atoms. The third-order valence-electron chi connectivity index (χ3n) is 5.10.